The molecule has 0 spiro atoms. The lowest BCUT2D eigenvalue weighted by atomic mass is 10.2. The van der Waals surface area contributed by atoms with E-state index in [1.807, 2.05) is 0 Å². The van der Waals surface area contributed by atoms with Crippen LogP contribution in [-0.2, 0) is 13.5 Å². The van der Waals surface area contributed by atoms with E-state index in [1.54, 1.807) is 35.9 Å². The summed E-state index contributed by atoms with van der Waals surface area (Å²) < 4.78 is 33.1. The average molecular weight is 315 g/mol. The molecule has 0 atom stereocenters. The Morgan fingerprint density at radius 1 is 0.913 bits per heavy atom. The second-order valence-electron chi connectivity index (χ2n) is 5.10. The summed E-state index contributed by atoms with van der Waals surface area (Å²) in [4.78, 5) is 0. The Kier molecular flexibility index (Phi) is 4.32. The number of rotatable bonds is 5. The van der Waals surface area contributed by atoms with Gasteiger partial charge in [-0.25, -0.2) is 8.78 Å². The van der Waals surface area contributed by atoms with Gasteiger partial charge in [0.2, 0.25) is 0 Å². The highest BCUT2D eigenvalue weighted by Gasteiger charge is 2.11. The van der Waals surface area contributed by atoms with Gasteiger partial charge in [-0.05, 0) is 42.0 Å². The quantitative estimate of drug-likeness (QED) is 0.724. The van der Waals surface area contributed by atoms with E-state index >= 15 is 0 Å². The van der Waals surface area contributed by atoms with Crippen LogP contribution in [0, 0.1) is 11.6 Å². The molecule has 0 aliphatic heterocycles. The van der Waals surface area contributed by atoms with Crippen molar-refractivity contribution in [2.24, 2.45) is 7.05 Å². The maximum Gasteiger partial charge on any atom is 0.316 e. The largest absolute Gasteiger partial charge is 0.463 e. The number of aromatic nitrogens is 3. The van der Waals surface area contributed by atoms with Crippen molar-refractivity contribution in [3.63, 3.8) is 0 Å². The third-order valence-electron chi connectivity index (χ3n) is 3.47. The summed E-state index contributed by atoms with van der Waals surface area (Å²) in [5, 5.41) is 8.07. The van der Waals surface area contributed by atoms with E-state index in [9.17, 15) is 8.78 Å². The number of hydrogen-bond acceptors (Lipinski definition) is 3. The Bertz CT molecular complexity index is 783. The molecular formula is C17H15F2N3O. The van der Waals surface area contributed by atoms with Crippen molar-refractivity contribution in [1.82, 2.24) is 14.8 Å². The van der Waals surface area contributed by atoms with Crippen molar-refractivity contribution < 1.29 is 13.5 Å². The zero-order valence-corrected chi connectivity index (χ0v) is 12.5. The summed E-state index contributed by atoms with van der Waals surface area (Å²) in [7, 11) is 1.78. The van der Waals surface area contributed by atoms with Crippen LogP contribution in [-0.4, -0.2) is 21.4 Å². The number of halogens is 2. The van der Waals surface area contributed by atoms with Gasteiger partial charge in [0.15, 0.2) is 5.82 Å². The monoisotopic (exact) mass is 315 g/mol. The summed E-state index contributed by atoms with van der Waals surface area (Å²) in [6.45, 7) is 0.404. The van der Waals surface area contributed by atoms with Crippen LogP contribution in [0.25, 0.3) is 11.4 Å². The molecule has 0 amide bonds. The van der Waals surface area contributed by atoms with Gasteiger partial charge in [0.25, 0.3) is 0 Å². The predicted molar refractivity (Wildman–Crippen MR) is 82.0 cm³/mol. The minimum Gasteiger partial charge on any atom is -0.463 e. The third kappa shape index (κ3) is 3.53. The first-order valence-corrected chi connectivity index (χ1v) is 7.16. The molecule has 4 nitrogen and oxygen atoms in total. The molecule has 3 rings (SSSR count). The molecule has 6 heteroatoms. The molecule has 0 saturated carbocycles. The lowest BCUT2D eigenvalue weighted by molar-refractivity contribution is 0.286. The van der Waals surface area contributed by atoms with E-state index < -0.39 is 0 Å². The first kappa shape index (κ1) is 15.1. The van der Waals surface area contributed by atoms with E-state index in [0.717, 1.165) is 11.1 Å². The van der Waals surface area contributed by atoms with E-state index in [-0.39, 0.29) is 11.6 Å². The Labute approximate surface area is 132 Å². The molecular weight excluding hydrogens is 300 g/mol. The highest BCUT2D eigenvalue weighted by molar-refractivity contribution is 5.55. The second kappa shape index (κ2) is 6.56. The van der Waals surface area contributed by atoms with Gasteiger partial charge >= 0.3 is 6.01 Å². The fourth-order valence-electron chi connectivity index (χ4n) is 2.20. The van der Waals surface area contributed by atoms with Gasteiger partial charge in [0.05, 0.1) is 6.61 Å². The maximum absolute atomic E-state index is 13.0. The van der Waals surface area contributed by atoms with Crippen LogP contribution in [0.1, 0.15) is 5.56 Å². The van der Waals surface area contributed by atoms with Crippen LogP contribution in [0.3, 0.4) is 0 Å². The summed E-state index contributed by atoms with van der Waals surface area (Å²) in [6.07, 6.45) is 0.638. The van der Waals surface area contributed by atoms with Crippen molar-refractivity contribution in [3.8, 4) is 17.4 Å². The van der Waals surface area contributed by atoms with Crippen LogP contribution >= 0.6 is 0 Å². The van der Waals surface area contributed by atoms with Crippen LogP contribution in [0.4, 0.5) is 8.78 Å². The zero-order chi connectivity index (χ0) is 16.2. The summed E-state index contributed by atoms with van der Waals surface area (Å²) >= 11 is 0. The van der Waals surface area contributed by atoms with Crippen molar-refractivity contribution in [2.75, 3.05) is 6.61 Å². The van der Waals surface area contributed by atoms with Crippen LogP contribution in [0.5, 0.6) is 6.01 Å². The molecule has 118 valence electrons. The Morgan fingerprint density at radius 3 is 2.17 bits per heavy atom. The molecule has 0 unspecified atom stereocenters. The summed E-state index contributed by atoms with van der Waals surface area (Å²) in [6, 6.07) is 12.7. The number of benzene rings is 2. The van der Waals surface area contributed by atoms with Gasteiger partial charge in [0, 0.05) is 19.0 Å². The SMILES string of the molecule is Cn1c(OCCc2ccc(F)cc2)nnc1-c1ccc(F)cc1. The molecule has 0 fully saturated rings. The zero-order valence-electron chi connectivity index (χ0n) is 12.5. The fourth-order valence-corrected chi connectivity index (χ4v) is 2.20. The standard InChI is InChI=1S/C17H15F2N3O/c1-22-16(13-4-8-15(19)9-5-13)20-21-17(22)23-11-10-12-2-6-14(18)7-3-12/h2-9H,10-11H2,1H3. The molecule has 0 aliphatic carbocycles. The van der Waals surface area contributed by atoms with Crippen molar-refractivity contribution in [2.45, 2.75) is 6.42 Å². The Balaban J connectivity index is 1.65. The highest BCUT2D eigenvalue weighted by Crippen LogP contribution is 2.20. The molecule has 0 saturated heterocycles. The molecule has 0 aliphatic rings. The minimum absolute atomic E-state index is 0.257. The first-order chi connectivity index (χ1) is 11.1. The fraction of sp³-hybridized carbons (Fsp3) is 0.176. The van der Waals surface area contributed by atoms with E-state index in [4.69, 9.17) is 4.74 Å². The Morgan fingerprint density at radius 2 is 1.52 bits per heavy atom. The molecule has 0 bridgehead atoms. The summed E-state index contributed by atoms with van der Waals surface area (Å²) in [5.41, 5.74) is 1.74. The van der Waals surface area contributed by atoms with Gasteiger partial charge in [-0.1, -0.05) is 17.2 Å². The van der Waals surface area contributed by atoms with Gasteiger partial charge in [-0.15, -0.1) is 5.10 Å². The van der Waals surface area contributed by atoms with Crippen molar-refractivity contribution in [3.05, 3.63) is 65.7 Å². The van der Waals surface area contributed by atoms with Crippen LogP contribution in [0.15, 0.2) is 48.5 Å². The molecule has 2 aromatic carbocycles. The first-order valence-electron chi connectivity index (χ1n) is 7.16. The number of hydrogen-bond donors (Lipinski definition) is 0. The van der Waals surface area contributed by atoms with E-state index in [0.29, 0.717) is 24.9 Å². The highest BCUT2D eigenvalue weighted by atomic mass is 19.1. The van der Waals surface area contributed by atoms with Crippen LogP contribution in [0.2, 0.25) is 0 Å². The second-order valence-corrected chi connectivity index (χ2v) is 5.10. The lowest BCUT2D eigenvalue weighted by Crippen LogP contribution is -2.06. The van der Waals surface area contributed by atoms with Crippen LogP contribution < -0.4 is 4.74 Å². The van der Waals surface area contributed by atoms with Crippen molar-refractivity contribution in [1.29, 1.82) is 0 Å². The predicted octanol–water partition coefficient (Wildman–Crippen LogP) is 3.38. The van der Waals surface area contributed by atoms with Gasteiger partial charge in [0.1, 0.15) is 11.6 Å². The number of ether oxygens (including phenoxy) is 1. The Hall–Kier alpha value is -2.76. The average Bonchev–Trinajstić information content (AvgIpc) is 2.91. The summed E-state index contributed by atoms with van der Waals surface area (Å²) in [5.74, 6) is 0.0420. The van der Waals surface area contributed by atoms with E-state index in [2.05, 4.69) is 10.2 Å². The molecule has 1 aromatic heterocycles. The molecule has 0 radical (unpaired) electrons. The molecule has 0 N–H and O–H groups in total. The normalized spacial score (nSPS) is 10.7. The maximum atomic E-state index is 13.0. The molecule has 1 heterocycles. The van der Waals surface area contributed by atoms with Gasteiger partial charge in [-0.2, -0.15) is 0 Å². The number of nitrogens with zero attached hydrogens (tertiary/aromatic N) is 3. The third-order valence-corrected chi connectivity index (χ3v) is 3.47. The lowest BCUT2D eigenvalue weighted by Gasteiger charge is -2.06. The minimum atomic E-state index is -0.299. The molecule has 3 aromatic rings. The topological polar surface area (TPSA) is 39.9 Å². The van der Waals surface area contributed by atoms with Gasteiger partial charge < -0.3 is 4.74 Å². The smallest absolute Gasteiger partial charge is 0.316 e. The van der Waals surface area contributed by atoms with E-state index in [1.165, 1.54) is 24.3 Å². The van der Waals surface area contributed by atoms with Crippen molar-refractivity contribution >= 4 is 0 Å². The van der Waals surface area contributed by atoms with Gasteiger partial charge in [-0.3, -0.25) is 4.57 Å². The molecule has 23 heavy (non-hydrogen) atoms.